The lowest BCUT2D eigenvalue weighted by molar-refractivity contribution is -0.144. The third-order valence-corrected chi connectivity index (χ3v) is 4.88. The van der Waals surface area contributed by atoms with Crippen LogP contribution in [0.25, 0.3) is 16.9 Å². The highest BCUT2D eigenvalue weighted by molar-refractivity contribution is 5.86. The molecule has 0 aliphatic heterocycles. The molecule has 8 heteroatoms. The van der Waals surface area contributed by atoms with E-state index in [1.807, 2.05) is 18.2 Å². The van der Waals surface area contributed by atoms with E-state index >= 15 is 0 Å². The maximum Gasteiger partial charge on any atom is 0.356 e. The second-order valence-corrected chi connectivity index (χ2v) is 6.42. The van der Waals surface area contributed by atoms with E-state index < -0.39 is 17.4 Å². The summed E-state index contributed by atoms with van der Waals surface area (Å²) in [7, 11) is 0. The molecule has 1 unspecified atom stereocenters. The van der Waals surface area contributed by atoms with Gasteiger partial charge in [0.15, 0.2) is 5.69 Å². The molecule has 1 atom stereocenters. The van der Waals surface area contributed by atoms with Gasteiger partial charge in [0.05, 0.1) is 23.9 Å². The van der Waals surface area contributed by atoms with E-state index in [0.29, 0.717) is 18.7 Å². The molecule has 0 spiro atoms. The van der Waals surface area contributed by atoms with Gasteiger partial charge in [0.1, 0.15) is 0 Å². The van der Waals surface area contributed by atoms with Crippen LogP contribution >= 0.6 is 0 Å². The molecule has 3 aromatic rings. The number of carbonyl (C=O) groups is 2. The van der Waals surface area contributed by atoms with Crippen molar-refractivity contribution >= 4 is 17.6 Å². The zero-order chi connectivity index (χ0) is 19.3. The predicted octanol–water partition coefficient (Wildman–Crippen LogP) is 1.96. The number of carboxylic acid groups (broad SMARTS) is 1. The highest BCUT2D eigenvalue weighted by Crippen LogP contribution is 2.39. The molecule has 138 valence electrons. The first-order chi connectivity index (χ1) is 12.9. The first-order valence-electron chi connectivity index (χ1n) is 8.58. The smallest absolute Gasteiger partial charge is 0.356 e. The Morgan fingerprint density at radius 2 is 2.19 bits per heavy atom. The lowest BCUT2D eigenvalue weighted by Crippen LogP contribution is -2.14. The third-order valence-electron chi connectivity index (χ3n) is 4.88. The zero-order valence-corrected chi connectivity index (χ0v) is 14.8. The van der Waals surface area contributed by atoms with Crippen molar-refractivity contribution in [3.05, 3.63) is 57.3 Å². The highest BCUT2D eigenvalue weighted by Gasteiger charge is 2.29. The number of H-pyrrole nitrogens is 1. The van der Waals surface area contributed by atoms with Gasteiger partial charge in [-0.25, -0.2) is 9.78 Å². The van der Waals surface area contributed by atoms with Crippen LogP contribution in [-0.2, 0) is 16.0 Å². The Kier molecular flexibility index (Phi) is 3.83. The molecule has 0 radical (unpaired) electrons. The van der Waals surface area contributed by atoms with Crippen LogP contribution in [0.1, 0.15) is 47.1 Å². The number of rotatable bonds is 4. The minimum absolute atomic E-state index is 0.0407. The Morgan fingerprint density at radius 3 is 2.89 bits per heavy atom. The minimum Gasteiger partial charge on any atom is -0.476 e. The topological polar surface area (TPSA) is 114 Å². The number of carboxylic acids is 1. The Labute approximate surface area is 153 Å². The quantitative estimate of drug-likeness (QED) is 0.533. The first kappa shape index (κ1) is 17.0. The molecular weight excluding hydrogens is 350 g/mol. The van der Waals surface area contributed by atoms with Crippen LogP contribution < -0.4 is 5.56 Å². The second-order valence-electron chi connectivity index (χ2n) is 6.42. The Balaban J connectivity index is 1.89. The van der Waals surface area contributed by atoms with Gasteiger partial charge in [-0.3, -0.25) is 14.0 Å². The molecular formula is C19H17N3O5. The van der Waals surface area contributed by atoms with E-state index in [1.165, 1.54) is 10.6 Å². The standard InChI is InChI=1S/C19H17N3O5/c1-3-27-19(26)9(2)10-5-4-6-11-12(10)7-14-15(11)21-17(23)16-20-13(18(24)25)8-22(14)16/h4-6,8-9H,3,7H2,1-2H3,(H,21,23)(H,24,25). The van der Waals surface area contributed by atoms with Crippen LogP contribution in [0.15, 0.2) is 29.2 Å². The highest BCUT2D eigenvalue weighted by atomic mass is 16.5. The van der Waals surface area contributed by atoms with Crippen molar-refractivity contribution in [1.29, 1.82) is 0 Å². The van der Waals surface area contributed by atoms with Crippen molar-refractivity contribution in [3.63, 3.8) is 0 Å². The fraction of sp³-hybridized carbons (Fsp3) is 0.263. The lowest BCUT2D eigenvalue weighted by Gasteiger charge is -2.14. The van der Waals surface area contributed by atoms with Crippen molar-refractivity contribution in [2.24, 2.45) is 0 Å². The maximum absolute atomic E-state index is 12.4. The van der Waals surface area contributed by atoms with Crippen LogP contribution in [0, 0.1) is 0 Å². The average molecular weight is 367 g/mol. The number of aromatic nitrogens is 3. The summed E-state index contributed by atoms with van der Waals surface area (Å²) in [5.41, 5.74) is 3.32. The van der Waals surface area contributed by atoms with Crippen molar-refractivity contribution in [3.8, 4) is 11.3 Å². The number of imidazole rings is 1. The molecule has 27 heavy (non-hydrogen) atoms. The number of aromatic amines is 1. The molecule has 0 fully saturated rings. The number of hydrogen-bond donors (Lipinski definition) is 2. The number of nitrogens with one attached hydrogen (secondary N) is 1. The van der Waals surface area contributed by atoms with E-state index in [1.54, 1.807) is 13.8 Å². The van der Waals surface area contributed by atoms with Crippen LogP contribution in [-0.4, -0.2) is 38.0 Å². The Bertz CT molecular complexity index is 1160. The minimum atomic E-state index is -1.20. The summed E-state index contributed by atoms with van der Waals surface area (Å²) in [6.07, 6.45) is 1.80. The molecule has 1 aliphatic rings. The molecule has 1 aromatic carbocycles. The number of esters is 1. The normalized spacial score (nSPS) is 13.3. The maximum atomic E-state index is 12.4. The molecule has 8 nitrogen and oxygen atoms in total. The average Bonchev–Trinajstić information content (AvgIpc) is 3.23. The van der Waals surface area contributed by atoms with Crippen LogP contribution in [0.2, 0.25) is 0 Å². The fourth-order valence-corrected chi connectivity index (χ4v) is 3.61. The molecule has 1 aliphatic carbocycles. The molecule has 0 saturated heterocycles. The number of aromatic carboxylic acids is 1. The van der Waals surface area contributed by atoms with Gasteiger partial charge in [-0.15, -0.1) is 0 Å². The van der Waals surface area contributed by atoms with Gasteiger partial charge in [0.25, 0.3) is 5.56 Å². The summed E-state index contributed by atoms with van der Waals surface area (Å²) in [5, 5.41) is 9.19. The van der Waals surface area contributed by atoms with Gasteiger partial charge in [-0.05, 0) is 25.0 Å². The van der Waals surface area contributed by atoms with Crippen molar-refractivity contribution in [1.82, 2.24) is 14.4 Å². The largest absolute Gasteiger partial charge is 0.476 e. The number of hydrogen-bond acceptors (Lipinski definition) is 5. The SMILES string of the molecule is CCOC(=O)C(C)c1cccc2c1Cc1c-2[nH]c(=O)c2nc(C(=O)O)cn12. The van der Waals surface area contributed by atoms with E-state index in [9.17, 15) is 19.5 Å². The van der Waals surface area contributed by atoms with E-state index in [-0.39, 0.29) is 17.3 Å². The zero-order valence-electron chi connectivity index (χ0n) is 14.8. The summed E-state index contributed by atoms with van der Waals surface area (Å²) < 4.78 is 6.66. The first-order valence-corrected chi connectivity index (χ1v) is 8.58. The van der Waals surface area contributed by atoms with Crippen LogP contribution in [0.5, 0.6) is 0 Å². The van der Waals surface area contributed by atoms with Crippen LogP contribution in [0.4, 0.5) is 0 Å². The van der Waals surface area contributed by atoms with Crippen molar-refractivity contribution in [2.45, 2.75) is 26.2 Å². The van der Waals surface area contributed by atoms with Gasteiger partial charge in [-0.1, -0.05) is 18.2 Å². The Morgan fingerprint density at radius 1 is 1.41 bits per heavy atom. The van der Waals surface area contributed by atoms with Crippen molar-refractivity contribution < 1.29 is 19.4 Å². The summed E-state index contributed by atoms with van der Waals surface area (Å²) >= 11 is 0. The number of ether oxygens (including phenoxy) is 1. The van der Waals surface area contributed by atoms with E-state index in [2.05, 4.69) is 9.97 Å². The molecule has 0 bridgehead atoms. The third kappa shape index (κ3) is 2.52. The predicted molar refractivity (Wildman–Crippen MR) is 96.1 cm³/mol. The number of fused-ring (bicyclic) bond motifs is 5. The monoisotopic (exact) mass is 367 g/mol. The number of benzene rings is 1. The summed E-state index contributed by atoms with van der Waals surface area (Å²) in [4.78, 5) is 42.6. The van der Waals surface area contributed by atoms with Gasteiger partial charge in [0.2, 0.25) is 5.65 Å². The number of carbonyl (C=O) groups excluding carboxylic acids is 1. The molecule has 2 heterocycles. The van der Waals surface area contributed by atoms with Gasteiger partial charge < -0.3 is 14.8 Å². The fourth-order valence-electron chi connectivity index (χ4n) is 3.61. The van der Waals surface area contributed by atoms with Gasteiger partial charge in [0, 0.05) is 18.2 Å². The second kappa shape index (κ2) is 6.08. The molecule has 2 N–H and O–H groups in total. The lowest BCUT2D eigenvalue weighted by atomic mass is 9.93. The van der Waals surface area contributed by atoms with E-state index in [0.717, 1.165) is 22.4 Å². The summed E-state index contributed by atoms with van der Waals surface area (Å²) in [5.74, 6) is -1.95. The molecule has 0 saturated carbocycles. The van der Waals surface area contributed by atoms with Crippen molar-refractivity contribution in [2.75, 3.05) is 6.61 Å². The Hall–Kier alpha value is -3.42. The van der Waals surface area contributed by atoms with Crippen LogP contribution in [0.3, 0.4) is 0 Å². The van der Waals surface area contributed by atoms with Gasteiger partial charge >= 0.3 is 11.9 Å². The van der Waals surface area contributed by atoms with Gasteiger partial charge in [-0.2, -0.15) is 0 Å². The molecule has 2 aromatic heterocycles. The molecule has 0 amide bonds. The van der Waals surface area contributed by atoms with E-state index in [4.69, 9.17) is 4.74 Å². The summed E-state index contributed by atoms with van der Waals surface area (Å²) in [6, 6.07) is 5.58. The molecule has 4 rings (SSSR count). The number of nitrogens with zero attached hydrogens (tertiary/aromatic N) is 2. The summed E-state index contributed by atoms with van der Waals surface area (Å²) in [6.45, 7) is 3.85.